The Hall–Kier alpha value is -2.75. The maximum atomic E-state index is 14.8. The summed E-state index contributed by atoms with van der Waals surface area (Å²) < 4.78 is 44.2. The number of anilines is 1. The minimum Gasteiger partial charge on any atom is -0.477 e. The summed E-state index contributed by atoms with van der Waals surface area (Å²) in [6, 6.07) is 1.67. The van der Waals surface area contributed by atoms with E-state index in [4.69, 9.17) is 5.73 Å². The highest BCUT2D eigenvalue weighted by molar-refractivity contribution is 5.95. The van der Waals surface area contributed by atoms with Crippen molar-refractivity contribution in [3.05, 3.63) is 39.4 Å². The summed E-state index contributed by atoms with van der Waals surface area (Å²) in [5, 5.41) is 19.4. The third kappa shape index (κ3) is 2.70. The molecule has 0 radical (unpaired) electrons. The van der Waals surface area contributed by atoms with Crippen LogP contribution in [-0.4, -0.2) is 40.1 Å². The molecule has 2 aromatic rings. The second-order valence-corrected chi connectivity index (χ2v) is 7.38. The van der Waals surface area contributed by atoms with Gasteiger partial charge in [0.05, 0.1) is 16.6 Å². The molecule has 2 fully saturated rings. The van der Waals surface area contributed by atoms with Crippen molar-refractivity contribution in [1.29, 1.82) is 0 Å². The fraction of sp³-hybridized carbons (Fsp3) is 0.444. The van der Waals surface area contributed by atoms with Crippen LogP contribution in [0, 0.1) is 11.7 Å². The number of nitrogens with zero attached hydrogens (tertiary/aromatic N) is 2. The van der Waals surface area contributed by atoms with Gasteiger partial charge >= 0.3 is 5.97 Å². The number of fused-ring (bicyclic) bond motifs is 1. The van der Waals surface area contributed by atoms with E-state index < -0.39 is 45.7 Å². The van der Waals surface area contributed by atoms with E-state index in [2.05, 4.69) is 0 Å². The second kappa shape index (κ2) is 6.13. The van der Waals surface area contributed by atoms with Crippen LogP contribution in [0.3, 0.4) is 0 Å². The van der Waals surface area contributed by atoms with E-state index in [1.807, 2.05) is 0 Å². The number of nitrogens with two attached hydrogens (primary N) is 1. The molecule has 7 nitrogen and oxygen atoms in total. The van der Waals surface area contributed by atoms with Gasteiger partial charge in [0.2, 0.25) is 5.43 Å². The van der Waals surface area contributed by atoms with E-state index in [1.54, 1.807) is 4.90 Å². The van der Waals surface area contributed by atoms with Gasteiger partial charge in [-0.05, 0) is 31.4 Å². The van der Waals surface area contributed by atoms with Crippen LogP contribution in [-0.2, 0) is 5.92 Å². The SMILES string of the molecule is NC1CCN(c2cc3c(cc2F)c(=O)c(C(=O)O)c(C(F)(F)C2CC2)n3O)C1. The van der Waals surface area contributed by atoms with Crippen LogP contribution in [0.4, 0.5) is 18.9 Å². The van der Waals surface area contributed by atoms with Crippen molar-refractivity contribution in [2.45, 2.75) is 31.2 Å². The number of alkyl halides is 2. The number of hydrogen-bond acceptors (Lipinski definition) is 5. The van der Waals surface area contributed by atoms with Crippen LogP contribution in [0.1, 0.15) is 35.3 Å². The Kier molecular flexibility index (Phi) is 4.07. The average Bonchev–Trinajstić information content (AvgIpc) is 3.40. The van der Waals surface area contributed by atoms with Gasteiger partial charge in [0.15, 0.2) is 0 Å². The summed E-state index contributed by atoms with van der Waals surface area (Å²) in [5.74, 6) is -7.59. The molecule has 1 saturated carbocycles. The molecule has 1 saturated heterocycles. The van der Waals surface area contributed by atoms with Crippen molar-refractivity contribution in [2.75, 3.05) is 18.0 Å². The van der Waals surface area contributed by atoms with E-state index >= 15 is 0 Å². The van der Waals surface area contributed by atoms with Crippen LogP contribution in [0.25, 0.3) is 10.9 Å². The lowest BCUT2D eigenvalue weighted by Gasteiger charge is -2.23. The van der Waals surface area contributed by atoms with Crippen LogP contribution in [0.15, 0.2) is 16.9 Å². The second-order valence-electron chi connectivity index (χ2n) is 7.38. The lowest BCUT2D eigenvalue weighted by Crippen LogP contribution is -2.32. The first kappa shape index (κ1) is 18.6. The highest BCUT2D eigenvalue weighted by atomic mass is 19.3. The van der Waals surface area contributed by atoms with Crippen LogP contribution >= 0.6 is 0 Å². The normalized spacial score (nSPS) is 20.1. The third-order valence-electron chi connectivity index (χ3n) is 5.40. The summed E-state index contributed by atoms with van der Waals surface area (Å²) in [7, 11) is 0. The maximum absolute atomic E-state index is 14.8. The first-order chi connectivity index (χ1) is 13.1. The van der Waals surface area contributed by atoms with Gasteiger partial charge in [0.25, 0.3) is 5.92 Å². The topological polar surface area (TPSA) is 109 Å². The van der Waals surface area contributed by atoms with Gasteiger partial charge in [0.1, 0.15) is 17.1 Å². The fourth-order valence-corrected chi connectivity index (χ4v) is 3.77. The summed E-state index contributed by atoms with van der Waals surface area (Å²) in [6.07, 6.45) is 0.906. The molecule has 1 aliphatic carbocycles. The zero-order valence-corrected chi connectivity index (χ0v) is 14.7. The Morgan fingerprint density at radius 3 is 2.46 bits per heavy atom. The average molecular weight is 397 g/mol. The van der Waals surface area contributed by atoms with E-state index in [9.17, 15) is 33.1 Å². The highest BCUT2D eigenvalue weighted by Gasteiger charge is 2.53. The highest BCUT2D eigenvalue weighted by Crippen LogP contribution is 2.50. The van der Waals surface area contributed by atoms with Crippen molar-refractivity contribution in [1.82, 2.24) is 4.73 Å². The fourth-order valence-electron chi connectivity index (χ4n) is 3.77. The van der Waals surface area contributed by atoms with E-state index in [0.717, 1.165) is 12.1 Å². The molecule has 10 heteroatoms. The summed E-state index contributed by atoms with van der Waals surface area (Å²) in [6.45, 7) is 0.758. The molecule has 1 aliphatic heterocycles. The molecule has 0 spiro atoms. The Morgan fingerprint density at radius 2 is 1.93 bits per heavy atom. The molecular formula is C18H18F3N3O4. The molecule has 1 aromatic heterocycles. The lowest BCUT2D eigenvalue weighted by atomic mass is 10.0. The molecule has 150 valence electrons. The van der Waals surface area contributed by atoms with Gasteiger partial charge in [-0.15, -0.1) is 0 Å². The lowest BCUT2D eigenvalue weighted by molar-refractivity contribution is -0.0501. The van der Waals surface area contributed by atoms with Gasteiger partial charge in [0, 0.05) is 25.0 Å². The number of hydrogen-bond donors (Lipinski definition) is 3. The van der Waals surface area contributed by atoms with Crippen LogP contribution < -0.4 is 16.1 Å². The number of aromatic nitrogens is 1. The Balaban J connectivity index is 2.02. The summed E-state index contributed by atoms with van der Waals surface area (Å²) >= 11 is 0. The molecule has 0 amide bonds. The molecule has 2 heterocycles. The number of carboxylic acid groups (broad SMARTS) is 1. The van der Waals surface area contributed by atoms with Gasteiger partial charge in [-0.3, -0.25) is 4.79 Å². The monoisotopic (exact) mass is 397 g/mol. The minimum atomic E-state index is -3.71. The molecule has 0 bridgehead atoms. The molecule has 4 rings (SSSR count). The number of pyridine rings is 1. The molecule has 1 aromatic carbocycles. The third-order valence-corrected chi connectivity index (χ3v) is 5.40. The van der Waals surface area contributed by atoms with Gasteiger partial charge in [-0.1, -0.05) is 0 Å². The van der Waals surface area contributed by atoms with Crippen molar-refractivity contribution in [3.63, 3.8) is 0 Å². The van der Waals surface area contributed by atoms with Crippen LogP contribution in [0.5, 0.6) is 0 Å². The first-order valence-corrected chi connectivity index (χ1v) is 8.86. The van der Waals surface area contributed by atoms with Crippen molar-refractivity contribution in [3.8, 4) is 0 Å². The Labute approximate surface area is 156 Å². The smallest absolute Gasteiger partial charge is 0.341 e. The standard InChI is InChI=1S/C18H18F3N3O4/c19-11-5-10-12(6-13(11)23-4-3-9(22)7-23)24(28)16(14(15(10)25)17(26)27)18(20,21)8-1-2-8/h5-6,8-9,28H,1-4,7,22H2,(H,26,27). The number of halogens is 3. The number of benzene rings is 1. The molecule has 1 atom stereocenters. The summed E-state index contributed by atoms with van der Waals surface area (Å²) in [5.41, 5.74) is 1.68. The number of carboxylic acids is 1. The van der Waals surface area contributed by atoms with Gasteiger partial charge in [-0.25, -0.2) is 9.18 Å². The zero-order chi connectivity index (χ0) is 20.4. The maximum Gasteiger partial charge on any atom is 0.341 e. The van der Waals surface area contributed by atoms with E-state index in [1.165, 1.54) is 0 Å². The quantitative estimate of drug-likeness (QED) is 0.682. The summed E-state index contributed by atoms with van der Waals surface area (Å²) in [4.78, 5) is 25.8. The van der Waals surface area contributed by atoms with Crippen molar-refractivity contribution < 1.29 is 28.3 Å². The molecule has 2 aliphatic rings. The predicted molar refractivity (Wildman–Crippen MR) is 93.7 cm³/mol. The minimum absolute atomic E-state index is 0.00594. The number of aromatic carboxylic acids is 1. The van der Waals surface area contributed by atoms with Crippen molar-refractivity contribution >= 4 is 22.6 Å². The largest absolute Gasteiger partial charge is 0.477 e. The molecular weight excluding hydrogens is 379 g/mol. The van der Waals surface area contributed by atoms with E-state index in [-0.39, 0.29) is 34.8 Å². The molecule has 28 heavy (non-hydrogen) atoms. The molecule has 1 unspecified atom stereocenters. The number of rotatable bonds is 4. The number of carbonyl (C=O) groups is 1. The Bertz CT molecular complexity index is 1050. The Morgan fingerprint density at radius 1 is 1.25 bits per heavy atom. The van der Waals surface area contributed by atoms with Gasteiger partial charge in [-0.2, -0.15) is 13.5 Å². The zero-order valence-electron chi connectivity index (χ0n) is 14.7. The van der Waals surface area contributed by atoms with E-state index in [0.29, 0.717) is 19.5 Å². The predicted octanol–water partition coefficient (Wildman–Crippen LogP) is 2.12. The van der Waals surface area contributed by atoms with Gasteiger partial charge < -0.3 is 20.9 Å². The first-order valence-electron chi connectivity index (χ1n) is 8.86. The van der Waals surface area contributed by atoms with Crippen molar-refractivity contribution in [2.24, 2.45) is 11.7 Å². The van der Waals surface area contributed by atoms with Crippen LogP contribution in [0.2, 0.25) is 0 Å². The molecule has 4 N–H and O–H groups in total.